The van der Waals surface area contributed by atoms with Crippen molar-refractivity contribution < 1.29 is 17.9 Å². The smallest absolute Gasteiger partial charge is 0.257 e. The lowest BCUT2D eigenvalue weighted by molar-refractivity contribution is 0.102. The molecule has 0 aliphatic carbocycles. The van der Waals surface area contributed by atoms with E-state index in [1.54, 1.807) is 0 Å². The summed E-state index contributed by atoms with van der Waals surface area (Å²) in [6.45, 7) is 7.58. The number of sulfonamides is 1. The van der Waals surface area contributed by atoms with Crippen LogP contribution >= 0.6 is 11.3 Å². The van der Waals surface area contributed by atoms with Crippen LogP contribution in [0.25, 0.3) is 11.3 Å². The lowest BCUT2D eigenvalue weighted by Crippen LogP contribution is -2.32. The highest BCUT2D eigenvalue weighted by atomic mass is 32.2. The highest BCUT2D eigenvalue weighted by molar-refractivity contribution is 7.89. The molecular formula is C25H31N3O4S2. The van der Waals surface area contributed by atoms with E-state index < -0.39 is 10.0 Å². The number of carbonyl (C=O) groups is 1. The summed E-state index contributed by atoms with van der Waals surface area (Å²) in [6.07, 6.45) is 2.43. The number of amides is 1. The monoisotopic (exact) mass is 501 g/mol. The second-order valence-corrected chi connectivity index (χ2v) is 10.6. The van der Waals surface area contributed by atoms with Crippen LogP contribution in [0.5, 0.6) is 5.75 Å². The van der Waals surface area contributed by atoms with E-state index in [9.17, 15) is 13.2 Å². The molecule has 0 saturated heterocycles. The molecule has 1 N–H and O–H groups in total. The Bertz CT molecular complexity index is 1170. The summed E-state index contributed by atoms with van der Waals surface area (Å²) >= 11 is 1.33. The molecule has 1 heterocycles. The Morgan fingerprint density at radius 3 is 2.21 bits per heavy atom. The molecule has 0 fully saturated rings. The quantitative estimate of drug-likeness (QED) is 0.346. The highest BCUT2D eigenvalue weighted by Gasteiger charge is 2.23. The van der Waals surface area contributed by atoms with Gasteiger partial charge in [0.15, 0.2) is 5.13 Å². The van der Waals surface area contributed by atoms with Crippen LogP contribution in [0, 0.1) is 0 Å². The molecule has 0 spiro atoms. The highest BCUT2D eigenvalue weighted by Crippen LogP contribution is 2.27. The van der Waals surface area contributed by atoms with Crippen molar-refractivity contribution in [3.8, 4) is 17.0 Å². The molecule has 0 aliphatic rings. The number of aromatic nitrogens is 1. The van der Waals surface area contributed by atoms with Crippen molar-refractivity contribution >= 4 is 32.4 Å². The maximum atomic E-state index is 12.9. The average molecular weight is 502 g/mol. The number of ether oxygens (including phenoxy) is 1. The van der Waals surface area contributed by atoms with Crippen LogP contribution in [0.15, 0.2) is 58.8 Å². The van der Waals surface area contributed by atoms with E-state index in [0.717, 1.165) is 36.3 Å². The number of rotatable bonds is 12. The molecule has 9 heteroatoms. The minimum atomic E-state index is -3.58. The predicted octanol–water partition coefficient (Wildman–Crippen LogP) is 5.66. The number of thiazole rings is 1. The second kappa shape index (κ2) is 12.1. The first kappa shape index (κ1) is 25.9. The van der Waals surface area contributed by atoms with Crippen molar-refractivity contribution in [2.45, 2.75) is 44.9 Å². The summed E-state index contributed by atoms with van der Waals surface area (Å²) < 4.78 is 32.9. The molecule has 0 radical (unpaired) electrons. The lowest BCUT2D eigenvalue weighted by Gasteiger charge is -2.21. The van der Waals surface area contributed by atoms with Crippen molar-refractivity contribution in [1.82, 2.24) is 9.29 Å². The summed E-state index contributed by atoms with van der Waals surface area (Å²) in [6, 6.07) is 13.7. The minimum Gasteiger partial charge on any atom is -0.494 e. The zero-order valence-electron chi connectivity index (χ0n) is 19.8. The molecule has 0 saturated carbocycles. The van der Waals surface area contributed by atoms with Crippen LogP contribution < -0.4 is 10.1 Å². The van der Waals surface area contributed by atoms with Crippen LogP contribution in [-0.4, -0.2) is 43.3 Å². The third kappa shape index (κ3) is 6.43. The zero-order valence-corrected chi connectivity index (χ0v) is 21.4. The maximum Gasteiger partial charge on any atom is 0.257 e. The molecule has 7 nitrogen and oxygen atoms in total. The van der Waals surface area contributed by atoms with E-state index in [1.807, 2.05) is 43.5 Å². The Kier molecular flexibility index (Phi) is 9.20. The molecular weight excluding hydrogens is 470 g/mol. The van der Waals surface area contributed by atoms with Crippen LogP contribution in [0.1, 0.15) is 50.4 Å². The van der Waals surface area contributed by atoms with E-state index in [-0.39, 0.29) is 10.8 Å². The Morgan fingerprint density at radius 1 is 0.971 bits per heavy atom. The number of nitrogens with one attached hydrogen (secondary N) is 1. The van der Waals surface area contributed by atoms with E-state index in [1.165, 1.54) is 39.9 Å². The van der Waals surface area contributed by atoms with Gasteiger partial charge in [0.1, 0.15) is 5.75 Å². The normalized spacial score (nSPS) is 11.5. The topological polar surface area (TPSA) is 88.6 Å². The molecule has 34 heavy (non-hydrogen) atoms. The Labute approximate surface area is 205 Å². The molecule has 0 atom stereocenters. The predicted molar refractivity (Wildman–Crippen MR) is 137 cm³/mol. The molecule has 1 amide bonds. The molecule has 0 unspecified atom stereocenters. The van der Waals surface area contributed by atoms with Crippen molar-refractivity contribution in [2.24, 2.45) is 0 Å². The molecule has 0 aliphatic heterocycles. The zero-order chi connectivity index (χ0) is 24.6. The fourth-order valence-electron chi connectivity index (χ4n) is 3.35. The van der Waals surface area contributed by atoms with Gasteiger partial charge >= 0.3 is 0 Å². The number of nitrogens with zero attached hydrogens (tertiary/aromatic N) is 2. The van der Waals surface area contributed by atoms with Gasteiger partial charge in [0.25, 0.3) is 5.91 Å². The van der Waals surface area contributed by atoms with Gasteiger partial charge < -0.3 is 4.74 Å². The van der Waals surface area contributed by atoms with Crippen molar-refractivity contribution in [3.63, 3.8) is 0 Å². The van der Waals surface area contributed by atoms with Gasteiger partial charge in [0.05, 0.1) is 17.2 Å². The number of benzene rings is 2. The van der Waals surface area contributed by atoms with Gasteiger partial charge in [-0.3, -0.25) is 10.1 Å². The van der Waals surface area contributed by atoms with Crippen LogP contribution in [0.3, 0.4) is 0 Å². The number of carbonyl (C=O) groups excluding carboxylic acids is 1. The molecule has 0 bridgehead atoms. The third-order valence-corrected chi connectivity index (χ3v) is 7.72. The third-order valence-electron chi connectivity index (χ3n) is 5.05. The van der Waals surface area contributed by atoms with Gasteiger partial charge in [-0.2, -0.15) is 4.31 Å². The van der Waals surface area contributed by atoms with Gasteiger partial charge in [-0.1, -0.05) is 20.8 Å². The Balaban J connectivity index is 1.67. The SMILES string of the molecule is CCCOc1ccc(-c2csc(NC(=O)c3ccc(S(=O)(=O)N(CCC)CCC)cc3)n2)cc1. The number of hydrogen-bond acceptors (Lipinski definition) is 6. The standard InChI is InChI=1S/C25H31N3O4S2/c1-4-15-28(16-5-2)34(30,31)22-13-9-20(10-14-22)24(29)27-25-26-23(18-33-25)19-7-11-21(12-8-19)32-17-6-3/h7-14,18H,4-6,15-17H2,1-3H3,(H,26,27,29). The molecule has 3 rings (SSSR count). The van der Waals surface area contributed by atoms with Gasteiger partial charge in [0.2, 0.25) is 10.0 Å². The van der Waals surface area contributed by atoms with Gasteiger partial charge in [-0.05, 0) is 67.8 Å². The van der Waals surface area contributed by atoms with Gasteiger partial charge in [-0.15, -0.1) is 11.3 Å². The number of hydrogen-bond donors (Lipinski definition) is 1. The van der Waals surface area contributed by atoms with Crippen molar-refractivity contribution in [3.05, 3.63) is 59.5 Å². The average Bonchev–Trinajstić information content (AvgIpc) is 3.31. The van der Waals surface area contributed by atoms with E-state index in [4.69, 9.17) is 4.74 Å². The first-order valence-corrected chi connectivity index (χ1v) is 13.8. The second-order valence-electron chi connectivity index (χ2n) is 7.79. The summed E-state index contributed by atoms with van der Waals surface area (Å²) in [5, 5.41) is 5.14. The maximum absolute atomic E-state index is 12.9. The van der Waals surface area contributed by atoms with Gasteiger partial charge in [0, 0.05) is 29.6 Å². The Hall–Kier alpha value is -2.75. The van der Waals surface area contributed by atoms with Crippen LogP contribution in [0.2, 0.25) is 0 Å². The minimum absolute atomic E-state index is 0.189. The largest absolute Gasteiger partial charge is 0.494 e. The van der Waals surface area contributed by atoms with E-state index in [0.29, 0.717) is 30.4 Å². The van der Waals surface area contributed by atoms with E-state index in [2.05, 4.69) is 17.2 Å². The van der Waals surface area contributed by atoms with Crippen LogP contribution in [-0.2, 0) is 10.0 Å². The molecule has 1 aromatic heterocycles. The fraction of sp³-hybridized carbons (Fsp3) is 0.360. The van der Waals surface area contributed by atoms with Gasteiger partial charge in [-0.25, -0.2) is 13.4 Å². The Morgan fingerprint density at radius 2 is 1.62 bits per heavy atom. The molecule has 2 aromatic carbocycles. The first-order chi connectivity index (χ1) is 16.4. The van der Waals surface area contributed by atoms with Crippen molar-refractivity contribution in [1.29, 1.82) is 0 Å². The summed E-state index contributed by atoms with van der Waals surface area (Å²) in [5.41, 5.74) is 2.06. The number of anilines is 1. The van der Waals surface area contributed by atoms with Crippen molar-refractivity contribution in [2.75, 3.05) is 25.0 Å². The molecule has 3 aromatic rings. The molecule has 182 valence electrons. The first-order valence-electron chi connectivity index (χ1n) is 11.5. The summed E-state index contributed by atoms with van der Waals surface area (Å²) in [5.74, 6) is 0.472. The lowest BCUT2D eigenvalue weighted by atomic mass is 10.2. The fourth-order valence-corrected chi connectivity index (χ4v) is 5.69. The van der Waals surface area contributed by atoms with Crippen LogP contribution in [0.4, 0.5) is 5.13 Å². The summed E-state index contributed by atoms with van der Waals surface area (Å²) in [4.78, 5) is 17.4. The van der Waals surface area contributed by atoms with E-state index >= 15 is 0 Å². The summed E-state index contributed by atoms with van der Waals surface area (Å²) in [7, 11) is -3.58.